The van der Waals surface area contributed by atoms with Crippen LogP contribution in [-0.2, 0) is 21.4 Å². The lowest BCUT2D eigenvalue weighted by molar-refractivity contribution is 0.00696. The molecule has 1 aliphatic heterocycles. The van der Waals surface area contributed by atoms with Crippen LogP contribution in [-0.4, -0.2) is 24.6 Å². The Balaban J connectivity index is 1.57. The number of carbonyl (C=O) groups is 1. The summed E-state index contributed by atoms with van der Waals surface area (Å²) in [5, 5.41) is 1.05. The lowest BCUT2D eigenvalue weighted by Crippen LogP contribution is -2.23. The van der Waals surface area contributed by atoms with E-state index in [1.165, 1.54) is 12.0 Å². The minimum atomic E-state index is -4.13. The van der Waals surface area contributed by atoms with Gasteiger partial charge in [0, 0.05) is 16.5 Å². The molecule has 0 N–H and O–H groups in total. The predicted octanol–water partition coefficient (Wildman–Crippen LogP) is 8.07. The number of allylic oxidation sites excluding steroid dienone is 1. The Morgan fingerprint density at radius 1 is 0.902 bits per heavy atom. The average molecular weight is 570 g/mol. The Morgan fingerprint density at radius 2 is 1.61 bits per heavy atom. The maximum absolute atomic E-state index is 13.7. The lowest BCUT2D eigenvalue weighted by atomic mass is 9.81. The fourth-order valence-corrected chi connectivity index (χ4v) is 7.15. The third kappa shape index (κ3) is 5.43. The van der Waals surface area contributed by atoms with Crippen molar-refractivity contribution in [3.05, 3.63) is 94.4 Å². The molecule has 4 aromatic rings. The topological polar surface area (TPSA) is 74.6 Å². The maximum Gasteiger partial charge on any atom is 0.338 e. The van der Waals surface area contributed by atoms with Crippen LogP contribution in [0.5, 0.6) is 5.75 Å². The van der Waals surface area contributed by atoms with Crippen molar-refractivity contribution in [2.24, 2.45) is 0 Å². The Bertz CT molecular complexity index is 1750. The fourth-order valence-electron chi connectivity index (χ4n) is 6.12. The van der Waals surface area contributed by atoms with E-state index >= 15 is 0 Å². The lowest BCUT2D eigenvalue weighted by Gasteiger charge is -2.24. The van der Waals surface area contributed by atoms with E-state index in [9.17, 15) is 13.2 Å². The molecule has 0 atom stereocenters. The van der Waals surface area contributed by atoms with Gasteiger partial charge in [-0.05, 0) is 81.0 Å². The van der Waals surface area contributed by atoms with Gasteiger partial charge in [-0.2, -0.15) is 8.42 Å². The molecule has 0 bridgehead atoms. The summed E-state index contributed by atoms with van der Waals surface area (Å²) in [7, 11) is -4.13. The van der Waals surface area contributed by atoms with E-state index in [-0.39, 0.29) is 17.2 Å². The Morgan fingerprint density at radius 3 is 2.34 bits per heavy atom. The van der Waals surface area contributed by atoms with Gasteiger partial charge in [0.2, 0.25) is 0 Å². The molecule has 0 unspecified atom stereocenters. The number of rotatable bonds is 5. The zero-order chi connectivity index (χ0) is 28.8. The SMILES string of the molecule is CC(C)(C)OC(=O)c1ccc2c(C3CCCCC3)c3n(c2c1)CC(S(=O)(=O)Oc1ccccc1)=Cc1ccccc1-3. The highest BCUT2D eigenvalue weighted by atomic mass is 32.2. The number of nitrogens with zero attached hydrogens (tertiary/aromatic N) is 1. The first-order valence-electron chi connectivity index (χ1n) is 14.3. The van der Waals surface area contributed by atoms with Crippen molar-refractivity contribution >= 4 is 33.1 Å². The second-order valence-corrected chi connectivity index (χ2v) is 13.6. The van der Waals surface area contributed by atoms with E-state index in [2.05, 4.69) is 10.6 Å². The normalized spacial score (nSPS) is 15.9. The minimum Gasteiger partial charge on any atom is -0.456 e. The molecule has 3 aromatic carbocycles. The molecule has 0 amide bonds. The number of fused-ring (bicyclic) bond motifs is 5. The van der Waals surface area contributed by atoms with Gasteiger partial charge >= 0.3 is 16.1 Å². The van der Waals surface area contributed by atoms with Crippen LogP contribution in [0.3, 0.4) is 0 Å². The van der Waals surface area contributed by atoms with Gasteiger partial charge in [-0.15, -0.1) is 0 Å². The molecule has 1 saturated carbocycles. The van der Waals surface area contributed by atoms with Crippen molar-refractivity contribution in [2.45, 2.75) is 70.9 Å². The quantitative estimate of drug-likeness (QED) is 0.179. The van der Waals surface area contributed by atoms with Crippen LogP contribution in [0.4, 0.5) is 0 Å². The molecular weight excluding hydrogens is 534 g/mol. The smallest absolute Gasteiger partial charge is 0.338 e. The summed E-state index contributed by atoms with van der Waals surface area (Å²) >= 11 is 0. The Kier molecular flexibility index (Phi) is 7.02. The van der Waals surface area contributed by atoms with Crippen LogP contribution in [0.15, 0.2) is 77.7 Å². The first-order chi connectivity index (χ1) is 19.6. The number of para-hydroxylation sites is 1. The molecule has 0 saturated heterocycles. The summed E-state index contributed by atoms with van der Waals surface area (Å²) in [5.41, 5.74) is 4.69. The van der Waals surface area contributed by atoms with E-state index in [1.807, 2.05) is 63.2 Å². The van der Waals surface area contributed by atoms with Gasteiger partial charge in [0.15, 0.2) is 0 Å². The van der Waals surface area contributed by atoms with Crippen molar-refractivity contribution in [3.63, 3.8) is 0 Å². The van der Waals surface area contributed by atoms with Gasteiger partial charge in [-0.1, -0.05) is 67.8 Å². The van der Waals surface area contributed by atoms with Gasteiger partial charge < -0.3 is 13.5 Å². The second kappa shape index (κ2) is 10.5. The summed E-state index contributed by atoms with van der Waals surface area (Å²) in [5.74, 6) is 0.208. The van der Waals surface area contributed by atoms with Gasteiger partial charge in [0.25, 0.3) is 0 Å². The predicted molar refractivity (Wildman–Crippen MR) is 162 cm³/mol. The molecule has 1 aromatic heterocycles. The number of ether oxygens (including phenoxy) is 1. The molecule has 0 spiro atoms. The number of hydrogen-bond acceptors (Lipinski definition) is 5. The van der Waals surface area contributed by atoms with Crippen molar-refractivity contribution in [1.29, 1.82) is 0 Å². The highest BCUT2D eigenvalue weighted by Crippen LogP contribution is 2.47. The molecule has 2 aliphatic rings. The number of carbonyl (C=O) groups excluding carboxylic acids is 1. The van der Waals surface area contributed by atoms with Crippen LogP contribution in [0.1, 0.15) is 80.3 Å². The summed E-state index contributed by atoms with van der Waals surface area (Å²) < 4.78 is 40.8. The van der Waals surface area contributed by atoms with E-state index in [0.717, 1.165) is 53.4 Å². The Hall–Kier alpha value is -3.84. The summed E-state index contributed by atoms with van der Waals surface area (Å²) in [4.78, 5) is 13.3. The fraction of sp³-hybridized carbons (Fsp3) is 0.324. The third-order valence-electron chi connectivity index (χ3n) is 7.87. The molecule has 2 heterocycles. The highest BCUT2D eigenvalue weighted by molar-refractivity contribution is 7.91. The van der Waals surface area contributed by atoms with Crippen LogP contribution in [0.2, 0.25) is 0 Å². The minimum absolute atomic E-state index is 0.0835. The molecule has 0 radical (unpaired) electrons. The number of benzene rings is 3. The summed E-state index contributed by atoms with van der Waals surface area (Å²) in [6.07, 6.45) is 7.45. The Labute approximate surface area is 241 Å². The first kappa shape index (κ1) is 27.3. The zero-order valence-corrected chi connectivity index (χ0v) is 24.5. The van der Waals surface area contributed by atoms with Crippen LogP contribution < -0.4 is 4.18 Å². The van der Waals surface area contributed by atoms with Crippen LogP contribution >= 0.6 is 0 Å². The molecular formula is C34H35NO5S. The number of esters is 1. The molecule has 212 valence electrons. The van der Waals surface area contributed by atoms with Crippen LogP contribution in [0.25, 0.3) is 28.2 Å². The molecule has 6 rings (SSSR count). The van der Waals surface area contributed by atoms with Crippen molar-refractivity contribution in [2.75, 3.05) is 0 Å². The van der Waals surface area contributed by atoms with E-state index in [4.69, 9.17) is 8.92 Å². The van der Waals surface area contributed by atoms with E-state index in [0.29, 0.717) is 11.5 Å². The van der Waals surface area contributed by atoms with Crippen molar-refractivity contribution < 1.29 is 22.1 Å². The molecule has 1 aliphatic carbocycles. The van der Waals surface area contributed by atoms with Crippen molar-refractivity contribution in [3.8, 4) is 17.0 Å². The van der Waals surface area contributed by atoms with E-state index < -0.39 is 21.7 Å². The molecule has 41 heavy (non-hydrogen) atoms. The highest BCUT2D eigenvalue weighted by Gasteiger charge is 2.32. The standard InChI is InChI=1S/C34H35NO5S/c1-34(2,3)39-33(36)25-18-19-29-30(21-25)35-22-27(41(37,38)40-26-15-8-5-9-16-26)20-24-14-10-11-17-28(24)32(35)31(29)23-12-6-4-7-13-23/h5,8-11,14-21,23H,4,6-7,12-13,22H2,1-3H3. The van der Waals surface area contributed by atoms with Gasteiger partial charge in [-0.25, -0.2) is 4.79 Å². The molecule has 7 heteroatoms. The summed E-state index contributed by atoms with van der Waals surface area (Å²) in [6, 6.07) is 22.2. The zero-order valence-electron chi connectivity index (χ0n) is 23.7. The van der Waals surface area contributed by atoms with Gasteiger partial charge in [0.05, 0.1) is 17.8 Å². The van der Waals surface area contributed by atoms with Gasteiger partial charge in [-0.3, -0.25) is 0 Å². The third-order valence-corrected chi connectivity index (χ3v) is 9.17. The molecule has 6 nitrogen and oxygen atoms in total. The van der Waals surface area contributed by atoms with E-state index in [1.54, 1.807) is 30.3 Å². The monoisotopic (exact) mass is 569 g/mol. The number of hydrogen-bond donors (Lipinski definition) is 0. The maximum atomic E-state index is 13.7. The molecule has 1 fully saturated rings. The average Bonchev–Trinajstić information content (AvgIpc) is 3.14. The number of aromatic nitrogens is 1. The largest absolute Gasteiger partial charge is 0.456 e. The second-order valence-electron chi connectivity index (χ2n) is 12.0. The van der Waals surface area contributed by atoms with Crippen LogP contribution in [0, 0.1) is 0 Å². The summed E-state index contributed by atoms with van der Waals surface area (Å²) in [6.45, 7) is 5.62. The first-order valence-corrected chi connectivity index (χ1v) is 15.7. The van der Waals surface area contributed by atoms with Gasteiger partial charge in [0.1, 0.15) is 16.3 Å². The van der Waals surface area contributed by atoms with Crippen molar-refractivity contribution in [1.82, 2.24) is 4.57 Å².